The van der Waals surface area contributed by atoms with E-state index in [9.17, 15) is 4.39 Å². The number of nitrogens with two attached hydrogens (primary N) is 1. The smallest absolute Gasteiger partial charge is 0.148 e. The molecule has 0 radical (unpaired) electrons. The van der Waals surface area contributed by atoms with Crippen LogP contribution in [0.25, 0.3) is 0 Å². The van der Waals surface area contributed by atoms with Crippen molar-refractivity contribution >= 4 is 23.1 Å². The van der Waals surface area contributed by atoms with Gasteiger partial charge in [-0.3, -0.25) is 0 Å². The third kappa shape index (κ3) is 2.36. The van der Waals surface area contributed by atoms with Gasteiger partial charge < -0.3 is 15.4 Å². The summed E-state index contributed by atoms with van der Waals surface area (Å²) in [7, 11) is 1.55. The third-order valence-electron chi connectivity index (χ3n) is 3.49. The van der Waals surface area contributed by atoms with Crippen molar-refractivity contribution in [3.63, 3.8) is 0 Å². The van der Waals surface area contributed by atoms with Crippen LogP contribution in [0, 0.1) is 5.82 Å². The molecule has 0 amide bonds. The molecule has 1 saturated heterocycles. The lowest BCUT2D eigenvalue weighted by atomic mass is 10.1. The molecule has 1 aromatic rings. The van der Waals surface area contributed by atoms with Crippen LogP contribution in [0.4, 0.5) is 15.8 Å². The summed E-state index contributed by atoms with van der Waals surface area (Å²) >= 11 is 1.92. The van der Waals surface area contributed by atoms with Gasteiger partial charge in [-0.15, -0.1) is 0 Å². The molecule has 2 rings (SSSR count). The fraction of sp³-hybridized carbons (Fsp3) is 0.538. The lowest BCUT2D eigenvalue weighted by Crippen LogP contribution is -2.45. The van der Waals surface area contributed by atoms with E-state index in [0.29, 0.717) is 28.4 Å². The molecule has 5 heteroatoms. The zero-order valence-corrected chi connectivity index (χ0v) is 11.8. The molecule has 1 heterocycles. The molecule has 2 unspecified atom stereocenters. The average Bonchev–Trinajstić information content (AvgIpc) is 2.34. The summed E-state index contributed by atoms with van der Waals surface area (Å²) in [6.45, 7) is 5.15. The largest absolute Gasteiger partial charge is 0.495 e. The van der Waals surface area contributed by atoms with Crippen molar-refractivity contribution in [2.45, 2.75) is 25.1 Å². The minimum Gasteiger partial charge on any atom is -0.495 e. The Kier molecular flexibility index (Phi) is 3.90. The third-order valence-corrected chi connectivity index (χ3v) is 4.83. The van der Waals surface area contributed by atoms with Gasteiger partial charge in [-0.25, -0.2) is 4.39 Å². The number of nitrogen functional groups attached to an aromatic ring is 1. The molecule has 0 saturated carbocycles. The Balaban J connectivity index is 2.37. The highest BCUT2D eigenvalue weighted by Gasteiger charge is 2.27. The molecule has 2 atom stereocenters. The molecule has 2 N–H and O–H groups in total. The van der Waals surface area contributed by atoms with E-state index in [4.69, 9.17) is 10.5 Å². The van der Waals surface area contributed by atoms with E-state index >= 15 is 0 Å². The minimum atomic E-state index is -0.278. The predicted octanol–water partition coefficient (Wildman–Crippen LogP) is 2.75. The highest BCUT2D eigenvalue weighted by atomic mass is 32.2. The first-order chi connectivity index (χ1) is 8.54. The van der Waals surface area contributed by atoms with E-state index in [0.717, 1.165) is 12.3 Å². The second kappa shape index (κ2) is 5.26. The maximum Gasteiger partial charge on any atom is 0.148 e. The van der Waals surface area contributed by atoms with E-state index in [1.165, 1.54) is 6.07 Å². The first-order valence-corrected chi connectivity index (χ1v) is 7.10. The SMILES string of the molecule is COc1cc(N2CCSC(C)C2C)c(F)cc1N. The summed E-state index contributed by atoms with van der Waals surface area (Å²) in [6.07, 6.45) is 0. The topological polar surface area (TPSA) is 38.5 Å². The standard InChI is InChI=1S/C13H19FN2OS/c1-8-9(2)18-5-4-16(8)12-7-13(17-3)11(15)6-10(12)14/h6-9H,4-5,15H2,1-3H3. The van der Waals surface area contributed by atoms with Gasteiger partial charge in [0.25, 0.3) is 0 Å². The highest BCUT2D eigenvalue weighted by Crippen LogP contribution is 2.35. The van der Waals surface area contributed by atoms with Gasteiger partial charge in [-0.2, -0.15) is 11.8 Å². The van der Waals surface area contributed by atoms with Crippen LogP contribution in [0.1, 0.15) is 13.8 Å². The fourth-order valence-electron chi connectivity index (χ4n) is 2.23. The summed E-state index contributed by atoms with van der Waals surface area (Å²) in [5.74, 6) is 1.26. The molecule has 0 bridgehead atoms. The Labute approximate surface area is 111 Å². The van der Waals surface area contributed by atoms with Crippen LogP contribution < -0.4 is 15.4 Å². The number of rotatable bonds is 2. The first-order valence-electron chi connectivity index (χ1n) is 6.06. The van der Waals surface area contributed by atoms with E-state index < -0.39 is 0 Å². The van der Waals surface area contributed by atoms with Gasteiger partial charge in [0.2, 0.25) is 0 Å². The molecule has 18 heavy (non-hydrogen) atoms. The maximum absolute atomic E-state index is 14.1. The molecule has 0 aliphatic carbocycles. The normalized spacial score (nSPS) is 24.1. The van der Waals surface area contributed by atoms with E-state index in [1.807, 2.05) is 11.8 Å². The Hall–Kier alpha value is -1.10. The van der Waals surface area contributed by atoms with Crippen LogP contribution in [0.2, 0.25) is 0 Å². The number of hydrogen-bond donors (Lipinski definition) is 1. The number of thioether (sulfide) groups is 1. The lowest BCUT2D eigenvalue weighted by Gasteiger charge is -2.39. The Morgan fingerprint density at radius 1 is 1.44 bits per heavy atom. The molecular formula is C13H19FN2OS. The van der Waals surface area contributed by atoms with Crippen LogP contribution in [-0.4, -0.2) is 30.7 Å². The number of nitrogens with zero attached hydrogens (tertiary/aromatic N) is 1. The molecule has 0 aromatic heterocycles. The van der Waals surface area contributed by atoms with Gasteiger partial charge in [0.15, 0.2) is 0 Å². The van der Waals surface area contributed by atoms with Gasteiger partial charge in [-0.05, 0) is 6.92 Å². The van der Waals surface area contributed by atoms with Gasteiger partial charge in [-0.1, -0.05) is 6.92 Å². The second-order valence-electron chi connectivity index (χ2n) is 4.56. The lowest BCUT2D eigenvalue weighted by molar-refractivity contribution is 0.415. The second-order valence-corrected chi connectivity index (χ2v) is 6.04. The highest BCUT2D eigenvalue weighted by molar-refractivity contribution is 8.00. The fourth-order valence-corrected chi connectivity index (χ4v) is 3.33. The van der Waals surface area contributed by atoms with Crippen molar-refractivity contribution in [2.24, 2.45) is 0 Å². The molecule has 1 fully saturated rings. The van der Waals surface area contributed by atoms with Crippen molar-refractivity contribution < 1.29 is 9.13 Å². The van der Waals surface area contributed by atoms with Crippen molar-refractivity contribution in [3.8, 4) is 5.75 Å². The molecule has 1 aliphatic rings. The van der Waals surface area contributed by atoms with Gasteiger partial charge in [0, 0.05) is 35.7 Å². The van der Waals surface area contributed by atoms with Gasteiger partial charge in [0.05, 0.1) is 18.5 Å². The Morgan fingerprint density at radius 3 is 2.83 bits per heavy atom. The van der Waals surface area contributed by atoms with E-state index in [2.05, 4.69) is 18.7 Å². The Morgan fingerprint density at radius 2 is 2.17 bits per heavy atom. The zero-order valence-electron chi connectivity index (χ0n) is 10.9. The minimum absolute atomic E-state index is 0.278. The van der Waals surface area contributed by atoms with Crippen molar-refractivity contribution in [3.05, 3.63) is 17.9 Å². The number of ether oxygens (including phenoxy) is 1. The predicted molar refractivity (Wildman–Crippen MR) is 76.1 cm³/mol. The monoisotopic (exact) mass is 270 g/mol. The van der Waals surface area contributed by atoms with Crippen LogP contribution in [0.15, 0.2) is 12.1 Å². The molecule has 3 nitrogen and oxygen atoms in total. The van der Waals surface area contributed by atoms with E-state index in [-0.39, 0.29) is 5.82 Å². The number of benzene rings is 1. The van der Waals surface area contributed by atoms with Crippen LogP contribution in [-0.2, 0) is 0 Å². The molecule has 1 aliphatic heterocycles. The molecular weight excluding hydrogens is 251 g/mol. The summed E-state index contributed by atoms with van der Waals surface area (Å²) < 4.78 is 19.2. The van der Waals surface area contributed by atoms with Crippen LogP contribution >= 0.6 is 11.8 Å². The number of halogens is 1. The Bertz CT molecular complexity index is 441. The van der Waals surface area contributed by atoms with Crippen molar-refractivity contribution in [1.82, 2.24) is 0 Å². The van der Waals surface area contributed by atoms with Crippen LogP contribution in [0.5, 0.6) is 5.75 Å². The number of anilines is 2. The van der Waals surface area contributed by atoms with Crippen molar-refractivity contribution in [2.75, 3.05) is 30.0 Å². The van der Waals surface area contributed by atoms with E-state index in [1.54, 1.807) is 13.2 Å². The number of methoxy groups -OCH3 is 1. The summed E-state index contributed by atoms with van der Waals surface area (Å²) in [5.41, 5.74) is 6.63. The summed E-state index contributed by atoms with van der Waals surface area (Å²) in [5, 5.41) is 0.488. The van der Waals surface area contributed by atoms with Crippen LogP contribution in [0.3, 0.4) is 0 Å². The average molecular weight is 270 g/mol. The zero-order chi connectivity index (χ0) is 13.3. The molecule has 0 spiro atoms. The molecule has 100 valence electrons. The summed E-state index contributed by atoms with van der Waals surface area (Å²) in [6, 6.07) is 3.34. The first kappa shape index (κ1) is 13.3. The van der Waals surface area contributed by atoms with Gasteiger partial charge in [0.1, 0.15) is 11.6 Å². The molecule has 1 aromatic carbocycles. The van der Waals surface area contributed by atoms with Crippen molar-refractivity contribution in [1.29, 1.82) is 0 Å². The van der Waals surface area contributed by atoms with Gasteiger partial charge >= 0.3 is 0 Å². The summed E-state index contributed by atoms with van der Waals surface area (Å²) in [4.78, 5) is 2.10. The number of hydrogen-bond acceptors (Lipinski definition) is 4. The quantitative estimate of drug-likeness (QED) is 0.839. The maximum atomic E-state index is 14.1.